The van der Waals surface area contributed by atoms with Crippen molar-refractivity contribution in [1.29, 1.82) is 0 Å². The number of nitrogens with one attached hydrogen (secondary N) is 1. The number of amides is 1. The second-order valence-corrected chi connectivity index (χ2v) is 4.88. The molecule has 0 spiro atoms. The molecule has 1 rings (SSSR count). The number of carbonyl (C=O) groups is 2. The molecule has 0 saturated carbocycles. The number of hydrogen-bond donors (Lipinski definition) is 2. The van der Waals surface area contributed by atoms with E-state index in [-0.39, 0.29) is 18.4 Å². The summed E-state index contributed by atoms with van der Waals surface area (Å²) in [6.07, 6.45) is 1.75. The molecule has 0 fully saturated rings. The Bertz CT molecular complexity index is 362. The van der Waals surface area contributed by atoms with Crippen LogP contribution in [0.3, 0.4) is 0 Å². The highest BCUT2D eigenvalue weighted by Gasteiger charge is 2.13. The molecule has 2 N–H and O–H groups in total. The van der Waals surface area contributed by atoms with Gasteiger partial charge in [-0.25, -0.2) is 0 Å². The van der Waals surface area contributed by atoms with Crippen LogP contribution in [0.25, 0.3) is 0 Å². The van der Waals surface area contributed by atoms with Gasteiger partial charge in [-0.1, -0.05) is 13.0 Å². The number of aryl methyl sites for hydroxylation is 1. The third kappa shape index (κ3) is 5.49. The minimum absolute atomic E-state index is 0.0127. The zero-order valence-corrected chi connectivity index (χ0v) is 10.6. The van der Waals surface area contributed by atoms with Gasteiger partial charge in [0, 0.05) is 17.3 Å². The Kier molecular flexibility index (Phi) is 5.69. The Hall–Kier alpha value is -1.36. The maximum absolute atomic E-state index is 11.6. The molecule has 0 aliphatic rings. The summed E-state index contributed by atoms with van der Waals surface area (Å²) in [6.45, 7) is 1.87. The monoisotopic (exact) mass is 255 g/mol. The quantitative estimate of drug-likeness (QED) is 0.783. The Morgan fingerprint density at radius 1 is 1.53 bits per heavy atom. The Labute approximate surface area is 105 Å². The van der Waals surface area contributed by atoms with Gasteiger partial charge in [-0.3, -0.25) is 9.59 Å². The van der Waals surface area contributed by atoms with E-state index in [9.17, 15) is 9.59 Å². The van der Waals surface area contributed by atoms with Gasteiger partial charge in [0.15, 0.2) is 0 Å². The van der Waals surface area contributed by atoms with Gasteiger partial charge < -0.3 is 10.4 Å². The van der Waals surface area contributed by atoms with Crippen LogP contribution >= 0.6 is 11.3 Å². The van der Waals surface area contributed by atoms with E-state index in [1.807, 2.05) is 24.4 Å². The lowest BCUT2D eigenvalue weighted by Gasteiger charge is -2.14. The van der Waals surface area contributed by atoms with Gasteiger partial charge in [0.2, 0.25) is 5.91 Å². The van der Waals surface area contributed by atoms with Gasteiger partial charge in [-0.05, 0) is 24.3 Å². The molecule has 1 aromatic rings. The number of carbonyl (C=O) groups excluding carboxylic acids is 1. The van der Waals surface area contributed by atoms with Crippen LogP contribution in [0.5, 0.6) is 0 Å². The molecule has 0 bridgehead atoms. The van der Waals surface area contributed by atoms with Crippen molar-refractivity contribution in [1.82, 2.24) is 5.32 Å². The molecule has 0 aliphatic heterocycles. The summed E-state index contributed by atoms with van der Waals surface area (Å²) in [7, 11) is 0. The molecule has 1 atom stereocenters. The first kappa shape index (κ1) is 13.7. The molecule has 0 aromatic carbocycles. The molecule has 0 radical (unpaired) electrons. The van der Waals surface area contributed by atoms with Crippen LogP contribution in [0.4, 0.5) is 0 Å². The lowest BCUT2D eigenvalue weighted by molar-refractivity contribution is -0.137. The second kappa shape index (κ2) is 7.06. The molecule has 1 unspecified atom stereocenters. The zero-order valence-electron chi connectivity index (χ0n) is 9.81. The molecule has 0 aliphatic carbocycles. The fourth-order valence-corrected chi connectivity index (χ4v) is 2.21. The van der Waals surface area contributed by atoms with E-state index in [0.29, 0.717) is 19.3 Å². The maximum atomic E-state index is 11.6. The highest BCUT2D eigenvalue weighted by molar-refractivity contribution is 7.09. The summed E-state index contributed by atoms with van der Waals surface area (Å²) < 4.78 is 0. The predicted octanol–water partition coefficient (Wildman–Crippen LogP) is 2.05. The molecule has 17 heavy (non-hydrogen) atoms. The molecule has 1 aromatic heterocycles. The summed E-state index contributed by atoms with van der Waals surface area (Å²) in [4.78, 5) is 23.3. The third-order valence-electron chi connectivity index (χ3n) is 2.46. The van der Waals surface area contributed by atoms with Gasteiger partial charge in [0.25, 0.3) is 0 Å². The van der Waals surface area contributed by atoms with E-state index in [1.165, 1.54) is 4.88 Å². The summed E-state index contributed by atoms with van der Waals surface area (Å²) in [5.74, 6) is -0.957. The lowest BCUT2D eigenvalue weighted by atomic mass is 10.1. The van der Waals surface area contributed by atoms with Gasteiger partial charge in [-0.15, -0.1) is 11.3 Å². The van der Waals surface area contributed by atoms with Crippen molar-refractivity contribution in [3.63, 3.8) is 0 Å². The SMILES string of the molecule is CCC(CC(=O)O)NC(=O)CCc1cccs1. The maximum Gasteiger partial charge on any atom is 0.305 e. The van der Waals surface area contributed by atoms with Gasteiger partial charge in [0.05, 0.1) is 6.42 Å². The fraction of sp³-hybridized carbons (Fsp3) is 0.500. The minimum Gasteiger partial charge on any atom is -0.481 e. The lowest BCUT2D eigenvalue weighted by Crippen LogP contribution is -2.36. The van der Waals surface area contributed by atoms with Gasteiger partial charge in [0.1, 0.15) is 0 Å². The van der Waals surface area contributed by atoms with E-state index < -0.39 is 5.97 Å². The van der Waals surface area contributed by atoms with Crippen molar-refractivity contribution in [3.05, 3.63) is 22.4 Å². The number of aliphatic carboxylic acids is 1. The highest BCUT2D eigenvalue weighted by atomic mass is 32.1. The van der Waals surface area contributed by atoms with Crippen LogP contribution in [0.15, 0.2) is 17.5 Å². The highest BCUT2D eigenvalue weighted by Crippen LogP contribution is 2.10. The first-order valence-corrected chi connectivity index (χ1v) is 6.53. The molecule has 4 nitrogen and oxygen atoms in total. The van der Waals surface area contributed by atoms with Crippen LogP contribution < -0.4 is 5.32 Å². The summed E-state index contributed by atoms with van der Waals surface area (Å²) in [5, 5.41) is 13.4. The van der Waals surface area contributed by atoms with Crippen molar-refractivity contribution in [2.45, 2.75) is 38.6 Å². The Morgan fingerprint density at radius 3 is 2.82 bits per heavy atom. The van der Waals surface area contributed by atoms with Crippen molar-refractivity contribution in [3.8, 4) is 0 Å². The van der Waals surface area contributed by atoms with Crippen molar-refractivity contribution in [2.24, 2.45) is 0 Å². The average molecular weight is 255 g/mol. The standard InChI is InChI=1S/C12H17NO3S/c1-2-9(8-12(15)16)13-11(14)6-5-10-4-3-7-17-10/h3-4,7,9H,2,5-6,8H2,1H3,(H,13,14)(H,15,16). The number of rotatable bonds is 7. The largest absolute Gasteiger partial charge is 0.481 e. The van der Waals surface area contributed by atoms with E-state index in [0.717, 1.165) is 0 Å². The first-order valence-electron chi connectivity index (χ1n) is 5.65. The Morgan fingerprint density at radius 2 is 2.29 bits per heavy atom. The van der Waals surface area contributed by atoms with Crippen molar-refractivity contribution < 1.29 is 14.7 Å². The van der Waals surface area contributed by atoms with E-state index in [1.54, 1.807) is 11.3 Å². The van der Waals surface area contributed by atoms with Crippen LogP contribution in [0.2, 0.25) is 0 Å². The normalized spacial score (nSPS) is 12.1. The topological polar surface area (TPSA) is 66.4 Å². The summed E-state index contributed by atoms with van der Waals surface area (Å²) >= 11 is 1.63. The van der Waals surface area contributed by atoms with Crippen LogP contribution in [0, 0.1) is 0 Å². The molecular formula is C12H17NO3S. The van der Waals surface area contributed by atoms with E-state index in [4.69, 9.17) is 5.11 Å². The van der Waals surface area contributed by atoms with E-state index >= 15 is 0 Å². The fourth-order valence-electron chi connectivity index (χ4n) is 1.50. The zero-order chi connectivity index (χ0) is 12.7. The summed E-state index contributed by atoms with van der Waals surface area (Å²) in [6, 6.07) is 3.69. The average Bonchev–Trinajstić information content (AvgIpc) is 2.77. The van der Waals surface area contributed by atoms with E-state index in [2.05, 4.69) is 5.32 Å². The van der Waals surface area contributed by atoms with Crippen LogP contribution in [0.1, 0.15) is 31.1 Å². The van der Waals surface area contributed by atoms with Crippen molar-refractivity contribution in [2.75, 3.05) is 0 Å². The second-order valence-electron chi connectivity index (χ2n) is 3.85. The third-order valence-corrected chi connectivity index (χ3v) is 3.39. The summed E-state index contributed by atoms with van der Waals surface area (Å²) in [5.41, 5.74) is 0. The van der Waals surface area contributed by atoms with Crippen LogP contribution in [-0.4, -0.2) is 23.0 Å². The predicted molar refractivity (Wildman–Crippen MR) is 67.1 cm³/mol. The van der Waals surface area contributed by atoms with Gasteiger partial charge >= 0.3 is 5.97 Å². The molecule has 1 amide bonds. The number of carboxylic acids is 1. The molecule has 5 heteroatoms. The molecule has 1 heterocycles. The number of carboxylic acid groups (broad SMARTS) is 1. The number of thiophene rings is 1. The smallest absolute Gasteiger partial charge is 0.305 e. The van der Waals surface area contributed by atoms with Gasteiger partial charge in [-0.2, -0.15) is 0 Å². The Balaban J connectivity index is 2.30. The van der Waals surface area contributed by atoms with Crippen molar-refractivity contribution >= 4 is 23.2 Å². The first-order chi connectivity index (χ1) is 8.11. The molecular weight excluding hydrogens is 238 g/mol. The molecule has 94 valence electrons. The van der Waals surface area contributed by atoms with Crippen LogP contribution in [-0.2, 0) is 16.0 Å². The minimum atomic E-state index is -0.879. The molecule has 0 saturated heterocycles. The number of hydrogen-bond acceptors (Lipinski definition) is 3.